The Morgan fingerprint density at radius 2 is 2.06 bits per heavy atom. The van der Waals surface area contributed by atoms with Gasteiger partial charge < -0.3 is 14.6 Å². The molecule has 1 aliphatic carbocycles. The summed E-state index contributed by atoms with van der Waals surface area (Å²) in [4.78, 5) is 0. The van der Waals surface area contributed by atoms with Gasteiger partial charge in [-0.05, 0) is 43.9 Å². The van der Waals surface area contributed by atoms with Crippen LogP contribution in [0.2, 0.25) is 0 Å². The average Bonchev–Trinajstić information content (AvgIpc) is 2.23. The van der Waals surface area contributed by atoms with Crippen molar-refractivity contribution in [1.82, 2.24) is 0 Å². The predicted molar refractivity (Wildman–Crippen MR) is 61.9 cm³/mol. The molecule has 3 heteroatoms. The fourth-order valence-corrected chi connectivity index (χ4v) is 1.71. The summed E-state index contributed by atoms with van der Waals surface area (Å²) in [5.74, 6) is 1.47. The summed E-state index contributed by atoms with van der Waals surface area (Å²) in [5, 5.41) is 9.48. The van der Waals surface area contributed by atoms with Crippen LogP contribution in [0.4, 0.5) is 0 Å². The van der Waals surface area contributed by atoms with Crippen LogP contribution >= 0.6 is 0 Å². The molecule has 1 aromatic carbocycles. The molecule has 1 atom stereocenters. The molecule has 3 nitrogen and oxygen atoms in total. The van der Waals surface area contributed by atoms with Gasteiger partial charge in [-0.25, -0.2) is 0 Å². The fourth-order valence-electron chi connectivity index (χ4n) is 1.71. The number of hydrogen-bond donors (Lipinski definition) is 1. The van der Waals surface area contributed by atoms with Crippen LogP contribution in [0.15, 0.2) is 18.2 Å². The van der Waals surface area contributed by atoms with E-state index < -0.39 is 6.10 Å². The van der Waals surface area contributed by atoms with E-state index in [1.165, 1.54) is 6.42 Å². The molecule has 1 saturated carbocycles. The lowest BCUT2D eigenvalue weighted by Gasteiger charge is -2.27. The van der Waals surface area contributed by atoms with E-state index in [-0.39, 0.29) is 0 Å². The molecule has 16 heavy (non-hydrogen) atoms. The quantitative estimate of drug-likeness (QED) is 0.851. The molecule has 0 saturated heterocycles. The molecule has 0 radical (unpaired) electrons. The van der Waals surface area contributed by atoms with Crippen LogP contribution in [0.3, 0.4) is 0 Å². The molecular formula is C13H18O3. The van der Waals surface area contributed by atoms with Crippen molar-refractivity contribution in [1.29, 1.82) is 0 Å². The van der Waals surface area contributed by atoms with Gasteiger partial charge in [0.05, 0.1) is 19.3 Å². The minimum Gasteiger partial charge on any atom is -0.493 e. The second kappa shape index (κ2) is 4.74. The first-order valence-electron chi connectivity index (χ1n) is 5.73. The number of aliphatic hydroxyl groups is 1. The third-order valence-electron chi connectivity index (χ3n) is 3.02. The van der Waals surface area contributed by atoms with Gasteiger partial charge >= 0.3 is 0 Å². The van der Waals surface area contributed by atoms with Gasteiger partial charge in [-0.15, -0.1) is 0 Å². The summed E-state index contributed by atoms with van der Waals surface area (Å²) in [5.41, 5.74) is 0.845. The van der Waals surface area contributed by atoms with E-state index in [0.717, 1.165) is 24.2 Å². The highest BCUT2D eigenvalue weighted by Crippen LogP contribution is 2.34. The minimum atomic E-state index is -0.480. The van der Waals surface area contributed by atoms with E-state index in [2.05, 4.69) is 0 Å². The Kier molecular flexibility index (Phi) is 3.34. The number of aliphatic hydroxyl groups excluding tert-OH is 1. The highest BCUT2D eigenvalue weighted by molar-refractivity contribution is 5.43. The van der Waals surface area contributed by atoms with Crippen molar-refractivity contribution in [2.45, 2.75) is 38.4 Å². The maximum Gasteiger partial charge on any atom is 0.161 e. The molecule has 1 unspecified atom stereocenters. The van der Waals surface area contributed by atoms with Gasteiger partial charge in [0.15, 0.2) is 11.5 Å². The second-order valence-corrected chi connectivity index (χ2v) is 4.26. The lowest BCUT2D eigenvalue weighted by molar-refractivity contribution is 0.116. The van der Waals surface area contributed by atoms with E-state index in [4.69, 9.17) is 9.47 Å². The van der Waals surface area contributed by atoms with Gasteiger partial charge in [0.1, 0.15) is 0 Å². The van der Waals surface area contributed by atoms with Crippen LogP contribution in [-0.4, -0.2) is 18.3 Å². The zero-order valence-corrected chi connectivity index (χ0v) is 9.77. The van der Waals surface area contributed by atoms with Crippen LogP contribution < -0.4 is 9.47 Å². The largest absolute Gasteiger partial charge is 0.493 e. The lowest BCUT2D eigenvalue weighted by atomic mass is 9.96. The molecule has 0 aromatic heterocycles. The second-order valence-electron chi connectivity index (χ2n) is 4.26. The summed E-state index contributed by atoms with van der Waals surface area (Å²) in [6.45, 7) is 1.74. The van der Waals surface area contributed by atoms with Crippen molar-refractivity contribution < 1.29 is 14.6 Å². The Hall–Kier alpha value is -1.22. The Labute approximate surface area is 96.0 Å². The van der Waals surface area contributed by atoms with Crippen molar-refractivity contribution >= 4 is 0 Å². The zero-order chi connectivity index (χ0) is 11.5. The molecule has 0 spiro atoms. The Morgan fingerprint density at radius 1 is 1.31 bits per heavy atom. The molecular weight excluding hydrogens is 204 g/mol. The van der Waals surface area contributed by atoms with Gasteiger partial charge in [-0.1, -0.05) is 6.07 Å². The average molecular weight is 222 g/mol. The fraction of sp³-hybridized carbons (Fsp3) is 0.538. The van der Waals surface area contributed by atoms with Gasteiger partial charge in [0.2, 0.25) is 0 Å². The van der Waals surface area contributed by atoms with E-state index >= 15 is 0 Å². The highest BCUT2D eigenvalue weighted by Gasteiger charge is 2.20. The van der Waals surface area contributed by atoms with Crippen LogP contribution in [0.25, 0.3) is 0 Å². The smallest absolute Gasteiger partial charge is 0.161 e. The molecule has 0 bridgehead atoms. The molecule has 1 aliphatic rings. The number of methoxy groups -OCH3 is 1. The summed E-state index contributed by atoms with van der Waals surface area (Å²) < 4.78 is 11.1. The van der Waals surface area contributed by atoms with Crippen molar-refractivity contribution in [3.8, 4) is 11.5 Å². The molecule has 1 aromatic rings. The minimum absolute atomic E-state index is 0.339. The lowest BCUT2D eigenvalue weighted by Crippen LogP contribution is -2.24. The topological polar surface area (TPSA) is 38.7 Å². The number of rotatable bonds is 4. The van der Waals surface area contributed by atoms with Crippen molar-refractivity contribution in [2.24, 2.45) is 0 Å². The Morgan fingerprint density at radius 3 is 2.56 bits per heavy atom. The van der Waals surface area contributed by atoms with Crippen LogP contribution in [0.1, 0.15) is 37.9 Å². The van der Waals surface area contributed by atoms with E-state index in [1.54, 1.807) is 14.0 Å². The van der Waals surface area contributed by atoms with E-state index in [0.29, 0.717) is 11.9 Å². The molecule has 1 fully saturated rings. The van der Waals surface area contributed by atoms with Gasteiger partial charge in [0, 0.05) is 0 Å². The van der Waals surface area contributed by atoms with E-state index in [9.17, 15) is 5.11 Å². The maximum absolute atomic E-state index is 9.48. The first-order chi connectivity index (χ1) is 7.70. The monoisotopic (exact) mass is 222 g/mol. The zero-order valence-electron chi connectivity index (χ0n) is 9.77. The van der Waals surface area contributed by atoms with Crippen LogP contribution in [-0.2, 0) is 0 Å². The summed E-state index contributed by atoms with van der Waals surface area (Å²) in [6.07, 6.45) is 3.36. The molecule has 1 N–H and O–H groups in total. The number of hydrogen-bond acceptors (Lipinski definition) is 3. The normalized spacial score (nSPS) is 17.7. The molecule has 0 aliphatic heterocycles. The number of ether oxygens (including phenoxy) is 2. The third kappa shape index (κ3) is 2.30. The van der Waals surface area contributed by atoms with Gasteiger partial charge in [-0.3, -0.25) is 0 Å². The van der Waals surface area contributed by atoms with Crippen LogP contribution in [0, 0.1) is 0 Å². The Balaban J connectivity index is 2.16. The Bertz CT molecular complexity index is 356. The van der Waals surface area contributed by atoms with Gasteiger partial charge in [0.25, 0.3) is 0 Å². The summed E-state index contributed by atoms with van der Waals surface area (Å²) in [6, 6.07) is 5.58. The molecule has 88 valence electrons. The van der Waals surface area contributed by atoms with E-state index in [1.807, 2.05) is 18.2 Å². The van der Waals surface area contributed by atoms with Crippen molar-refractivity contribution in [2.75, 3.05) is 7.11 Å². The first kappa shape index (κ1) is 11.3. The SMILES string of the molecule is COc1cc(C(C)O)ccc1OC1CCC1. The highest BCUT2D eigenvalue weighted by atomic mass is 16.5. The third-order valence-corrected chi connectivity index (χ3v) is 3.02. The van der Waals surface area contributed by atoms with Crippen molar-refractivity contribution in [3.63, 3.8) is 0 Å². The summed E-state index contributed by atoms with van der Waals surface area (Å²) in [7, 11) is 1.62. The van der Waals surface area contributed by atoms with Crippen molar-refractivity contribution in [3.05, 3.63) is 23.8 Å². The predicted octanol–water partition coefficient (Wildman–Crippen LogP) is 2.68. The van der Waals surface area contributed by atoms with Crippen LogP contribution in [0.5, 0.6) is 11.5 Å². The standard InChI is InChI=1S/C13H18O3/c1-9(14)10-6-7-12(13(8-10)15-2)16-11-4-3-5-11/h6-9,11,14H,3-5H2,1-2H3. The molecule has 0 heterocycles. The maximum atomic E-state index is 9.48. The first-order valence-corrected chi connectivity index (χ1v) is 5.73. The molecule has 0 amide bonds. The number of benzene rings is 1. The summed E-state index contributed by atoms with van der Waals surface area (Å²) >= 11 is 0. The molecule has 2 rings (SSSR count). The van der Waals surface area contributed by atoms with Gasteiger partial charge in [-0.2, -0.15) is 0 Å².